The Bertz CT molecular complexity index is 1020. The lowest BCUT2D eigenvalue weighted by molar-refractivity contribution is -0.137. The number of piperidine rings is 1. The molecule has 178 valence electrons. The molecule has 4 rings (SSSR count). The number of rotatable bonds is 8. The number of hydrogen-bond acceptors (Lipinski definition) is 2. The van der Waals surface area contributed by atoms with E-state index in [0.717, 1.165) is 24.8 Å². The zero-order valence-electron chi connectivity index (χ0n) is 20.2. The topological polar surface area (TPSA) is 49.4 Å². The average Bonchev–Trinajstić information content (AvgIpc) is 2.91. The van der Waals surface area contributed by atoms with Crippen molar-refractivity contribution in [2.75, 3.05) is 19.6 Å². The number of allylic oxidation sites excluding steroid dienone is 3. The summed E-state index contributed by atoms with van der Waals surface area (Å²) in [6, 6.07) is 20.3. The molecule has 0 aromatic heterocycles. The van der Waals surface area contributed by atoms with Crippen molar-refractivity contribution in [3.63, 3.8) is 0 Å². The first-order valence-electron chi connectivity index (χ1n) is 12.6. The number of benzene rings is 2. The van der Waals surface area contributed by atoms with Crippen LogP contribution in [0.25, 0.3) is 0 Å². The molecule has 4 nitrogen and oxygen atoms in total. The number of likely N-dealkylation sites (tertiary alicyclic amines) is 1. The lowest BCUT2D eigenvalue weighted by atomic mass is 9.71. The lowest BCUT2D eigenvalue weighted by Crippen LogP contribution is -2.53. The molecule has 0 radical (unpaired) electrons. The Hall–Kier alpha value is -3.14. The quantitative estimate of drug-likeness (QED) is 0.593. The molecule has 1 heterocycles. The van der Waals surface area contributed by atoms with E-state index in [0.29, 0.717) is 44.8 Å². The fourth-order valence-electron chi connectivity index (χ4n) is 5.17. The molecule has 4 heteroatoms. The van der Waals surface area contributed by atoms with Gasteiger partial charge in [-0.2, -0.15) is 0 Å². The summed E-state index contributed by atoms with van der Waals surface area (Å²) >= 11 is 0. The number of nitrogens with one attached hydrogen (secondary N) is 1. The summed E-state index contributed by atoms with van der Waals surface area (Å²) in [6.45, 7) is 4.06. The molecule has 1 atom stereocenters. The minimum atomic E-state index is -0.585. The molecule has 1 N–H and O–H groups in total. The van der Waals surface area contributed by atoms with Crippen molar-refractivity contribution in [3.05, 3.63) is 95.6 Å². The van der Waals surface area contributed by atoms with Crippen molar-refractivity contribution < 1.29 is 9.59 Å². The van der Waals surface area contributed by atoms with Gasteiger partial charge in [0.2, 0.25) is 11.8 Å². The zero-order valence-corrected chi connectivity index (χ0v) is 20.2. The Kier molecular flexibility index (Phi) is 7.99. The molecule has 1 saturated heterocycles. The number of nitrogens with zero attached hydrogens (tertiary/aromatic N) is 1. The first-order valence-corrected chi connectivity index (χ1v) is 12.6. The van der Waals surface area contributed by atoms with Crippen molar-refractivity contribution in [2.45, 2.75) is 50.9 Å². The van der Waals surface area contributed by atoms with Gasteiger partial charge in [-0.3, -0.25) is 9.59 Å². The SMILES string of the molecule is CC(CNC(=O)C1(c2ccccc2)CCN(C(=O)CCc2ccccc2)CC1)C1=CC=CCC1. The third-order valence-electron chi connectivity index (χ3n) is 7.45. The third-order valence-corrected chi connectivity index (χ3v) is 7.45. The number of carbonyl (C=O) groups is 2. The van der Waals surface area contributed by atoms with E-state index in [1.54, 1.807) is 0 Å². The minimum Gasteiger partial charge on any atom is -0.355 e. The van der Waals surface area contributed by atoms with E-state index >= 15 is 0 Å². The van der Waals surface area contributed by atoms with Crippen LogP contribution in [0.15, 0.2) is 84.5 Å². The van der Waals surface area contributed by atoms with Gasteiger partial charge in [-0.05, 0) is 49.1 Å². The molecule has 2 aromatic carbocycles. The van der Waals surface area contributed by atoms with E-state index in [9.17, 15) is 9.59 Å². The molecule has 1 fully saturated rings. The van der Waals surface area contributed by atoms with Gasteiger partial charge in [0.1, 0.15) is 0 Å². The average molecular weight is 457 g/mol. The maximum atomic E-state index is 13.6. The standard InChI is InChI=1S/C30H36N2O2/c1-24(26-13-7-3-8-14-26)23-31-29(34)30(27-15-9-4-10-16-27)19-21-32(22-20-30)28(33)18-17-25-11-5-2-6-12-25/h2-7,9-13,15-16,24H,8,14,17-23H2,1H3,(H,31,34). The number of hydrogen-bond donors (Lipinski definition) is 1. The van der Waals surface area contributed by atoms with Crippen LogP contribution in [0, 0.1) is 5.92 Å². The maximum absolute atomic E-state index is 13.6. The summed E-state index contributed by atoms with van der Waals surface area (Å²) in [6.07, 6.45) is 11.2. The van der Waals surface area contributed by atoms with Gasteiger partial charge in [0.05, 0.1) is 5.41 Å². The van der Waals surface area contributed by atoms with E-state index < -0.39 is 5.41 Å². The molecule has 2 aliphatic rings. The normalized spacial score (nSPS) is 18.1. The molecule has 34 heavy (non-hydrogen) atoms. The predicted molar refractivity (Wildman–Crippen MR) is 137 cm³/mol. The molecular weight excluding hydrogens is 420 g/mol. The highest BCUT2D eigenvalue weighted by molar-refractivity contribution is 5.89. The fraction of sp³-hybridized carbons (Fsp3) is 0.400. The van der Waals surface area contributed by atoms with E-state index in [2.05, 4.69) is 54.7 Å². The van der Waals surface area contributed by atoms with Crippen LogP contribution in [-0.4, -0.2) is 36.3 Å². The molecule has 1 unspecified atom stereocenters. The van der Waals surface area contributed by atoms with Gasteiger partial charge in [0.25, 0.3) is 0 Å². The second-order valence-electron chi connectivity index (χ2n) is 9.63. The summed E-state index contributed by atoms with van der Waals surface area (Å²) in [5.41, 5.74) is 3.05. The molecule has 1 aliphatic carbocycles. The molecular formula is C30H36N2O2. The Morgan fingerprint density at radius 2 is 1.68 bits per heavy atom. The highest BCUT2D eigenvalue weighted by Crippen LogP contribution is 2.36. The van der Waals surface area contributed by atoms with Crippen LogP contribution >= 0.6 is 0 Å². The van der Waals surface area contributed by atoms with Crippen LogP contribution in [0.4, 0.5) is 0 Å². The van der Waals surface area contributed by atoms with Crippen molar-refractivity contribution in [1.82, 2.24) is 10.2 Å². The van der Waals surface area contributed by atoms with E-state index in [1.165, 1.54) is 11.1 Å². The first-order chi connectivity index (χ1) is 16.6. The first kappa shape index (κ1) is 24.0. The van der Waals surface area contributed by atoms with Gasteiger partial charge in [-0.15, -0.1) is 0 Å². The second-order valence-corrected chi connectivity index (χ2v) is 9.63. The van der Waals surface area contributed by atoms with Crippen LogP contribution in [0.1, 0.15) is 50.2 Å². The molecule has 2 aromatic rings. The van der Waals surface area contributed by atoms with Crippen molar-refractivity contribution in [2.24, 2.45) is 5.92 Å². The minimum absolute atomic E-state index is 0.0916. The van der Waals surface area contributed by atoms with Gasteiger partial charge in [0, 0.05) is 26.1 Å². The summed E-state index contributed by atoms with van der Waals surface area (Å²) in [4.78, 5) is 28.5. The lowest BCUT2D eigenvalue weighted by Gasteiger charge is -2.41. The second kappa shape index (κ2) is 11.3. The molecule has 0 bridgehead atoms. The van der Waals surface area contributed by atoms with Crippen molar-refractivity contribution in [3.8, 4) is 0 Å². The highest BCUT2D eigenvalue weighted by atomic mass is 16.2. The number of carbonyl (C=O) groups excluding carboxylic acids is 2. The zero-order chi connectivity index (χ0) is 23.8. The van der Waals surface area contributed by atoms with Crippen LogP contribution in [0.5, 0.6) is 0 Å². The Labute approximate surface area is 203 Å². The fourth-order valence-corrected chi connectivity index (χ4v) is 5.17. The van der Waals surface area contributed by atoms with Gasteiger partial charge in [0.15, 0.2) is 0 Å². The smallest absolute Gasteiger partial charge is 0.230 e. The summed E-state index contributed by atoms with van der Waals surface area (Å²) < 4.78 is 0. The molecule has 1 aliphatic heterocycles. The van der Waals surface area contributed by atoms with Gasteiger partial charge in [-0.25, -0.2) is 0 Å². The largest absolute Gasteiger partial charge is 0.355 e. The van der Waals surface area contributed by atoms with Gasteiger partial charge >= 0.3 is 0 Å². The van der Waals surface area contributed by atoms with Crippen LogP contribution < -0.4 is 5.32 Å². The summed E-state index contributed by atoms with van der Waals surface area (Å²) in [7, 11) is 0. The van der Waals surface area contributed by atoms with Crippen LogP contribution in [-0.2, 0) is 21.4 Å². The predicted octanol–water partition coefficient (Wildman–Crippen LogP) is 5.21. The van der Waals surface area contributed by atoms with Gasteiger partial charge in [-0.1, -0.05) is 91.4 Å². The molecule has 0 spiro atoms. The summed E-state index contributed by atoms with van der Waals surface area (Å²) in [5, 5.41) is 3.27. The Morgan fingerprint density at radius 1 is 1.00 bits per heavy atom. The monoisotopic (exact) mass is 456 g/mol. The van der Waals surface area contributed by atoms with Gasteiger partial charge < -0.3 is 10.2 Å². The number of aryl methyl sites for hydroxylation is 1. The summed E-state index contributed by atoms with van der Waals surface area (Å²) in [5.74, 6) is 0.590. The molecule has 0 saturated carbocycles. The third kappa shape index (κ3) is 5.67. The van der Waals surface area contributed by atoms with E-state index in [4.69, 9.17) is 0 Å². The highest BCUT2D eigenvalue weighted by Gasteiger charge is 2.43. The van der Waals surface area contributed by atoms with Crippen molar-refractivity contribution in [1.29, 1.82) is 0 Å². The van der Waals surface area contributed by atoms with Crippen LogP contribution in [0.2, 0.25) is 0 Å². The maximum Gasteiger partial charge on any atom is 0.230 e. The van der Waals surface area contributed by atoms with E-state index in [1.807, 2.05) is 41.3 Å². The Morgan fingerprint density at radius 3 is 2.32 bits per heavy atom. The Balaban J connectivity index is 1.40. The van der Waals surface area contributed by atoms with Crippen molar-refractivity contribution >= 4 is 11.8 Å². The molecule has 2 amide bonds. The number of amides is 2. The van der Waals surface area contributed by atoms with Crippen LogP contribution in [0.3, 0.4) is 0 Å². The van der Waals surface area contributed by atoms with E-state index in [-0.39, 0.29) is 11.8 Å².